The van der Waals surface area contributed by atoms with Crippen LogP contribution in [0.3, 0.4) is 0 Å². The van der Waals surface area contributed by atoms with E-state index in [1.54, 1.807) is 12.1 Å². The van der Waals surface area contributed by atoms with Gasteiger partial charge in [0.05, 0.1) is 6.42 Å². The van der Waals surface area contributed by atoms with Gasteiger partial charge in [0.15, 0.2) is 0 Å². The topological polar surface area (TPSA) is 37.3 Å². The third-order valence-corrected chi connectivity index (χ3v) is 3.47. The van der Waals surface area contributed by atoms with Gasteiger partial charge in [-0.15, -0.1) is 0 Å². The largest absolute Gasteiger partial charge is 0.481 e. The van der Waals surface area contributed by atoms with Gasteiger partial charge in [0.1, 0.15) is 5.67 Å². The Balaban J connectivity index is 2.17. The Morgan fingerprint density at radius 1 is 1.24 bits per heavy atom. The van der Waals surface area contributed by atoms with Crippen LogP contribution in [0, 0.1) is 0 Å². The summed E-state index contributed by atoms with van der Waals surface area (Å²) < 4.78 is 14.4. The third-order valence-electron chi connectivity index (χ3n) is 3.47. The highest BCUT2D eigenvalue weighted by molar-refractivity contribution is 5.70. The maximum Gasteiger partial charge on any atom is 0.307 e. The van der Waals surface area contributed by atoms with Gasteiger partial charge < -0.3 is 5.11 Å². The first-order valence-corrected chi connectivity index (χ1v) is 6.07. The standard InChI is InChI=1S/C14H17FO2/c15-14(7-3-4-8-14)10-12-6-2-1-5-11(12)9-13(16)17/h1-2,5-6H,3-4,7-10H2,(H,16,17). The highest BCUT2D eigenvalue weighted by Crippen LogP contribution is 2.36. The Bertz CT molecular complexity index is 408. The molecule has 0 radical (unpaired) electrons. The number of carboxylic acids is 1. The normalized spacial score (nSPS) is 18.2. The number of halogens is 1. The van der Waals surface area contributed by atoms with E-state index >= 15 is 0 Å². The third kappa shape index (κ3) is 3.05. The van der Waals surface area contributed by atoms with Crippen LogP contribution in [0.15, 0.2) is 24.3 Å². The number of benzene rings is 1. The average molecular weight is 236 g/mol. The van der Waals surface area contributed by atoms with Gasteiger partial charge in [0.2, 0.25) is 0 Å². The summed E-state index contributed by atoms with van der Waals surface area (Å²) in [6.45, 7) is 0. The molecule has 92 valence electrons. The van der Waals surface area contributed by atoms with Crippen molar-refractivity contribution >= 4 is 5.97 Å². The lowest BCUT2D eigenvalue weighted by atomic mass is 9.91. The second kappa shape index (κ2) is 4.86. The molecule has 0 amide bonds. The van der Waals surface area contributed by atoms with E-state index in [1.165, 1.54) is 0 Å². The molecule has 17 heavy (non-hydrogen) atoms. The fourth-order valence-electron chi connectivity index (χ4n) is 2.59. The molecule has 1 fully saturated rings. The number of alkyl halides is 1. The predicted octanol–water partition coefficient (Wildman–Crippen LogP) is 3.14. The summed E-state index contributed by atoms with van der Waals surface area (Å²) in [6, 6.07) is 7.28. The van der Waals surface area contributed by atoms with Gasteiger partial charge >= 0.3 is 5.97 Å². The highest BCUT2D eigenvalue weighted by Gasteiger charge is 2.34. The molecule has 2 nitrogen and oxygen atoms in total. The van der Waals surface area contributed by atoms with Crippen molar-refractivity contribution < 1.29 is 14.3 Å². The summed E-state index contributed by atoms with van der Waals surface area (Å²) in [7, 11) is 0. The zero-order valence-electron chi connectivity index (χ0n) is 9.79. The second-order valence-corrected chi connectivity index (χ2v) is 4.87. The van der Waals surface area contributed by atoms with E-state index < -0.39 is 11.6 Å². The van der Waals surface area contributed by atoms with Crippen molar-refractivity contribution in [3.8, 4) is 0 Å². The Morgan fingerprint density at radius 2 is 1.82 bits per heavy atom. The Labute approximate surface area is 100 Å². The monoisotopic (exact) mass is 236 g/mol. The first-order chi connectivity index (χ1) is 8.09. The van der Waals surface area contributed by atoms with Gasteiger partial charge in [-0.1, -0.05) is 37.1 Å². The number of carboxylic acid groups (broad SMARTS) is 1. The maximum absolute atomic E-state index is 14.4. The number of rotatable bonds is 4. The summed E-state index contributed by atoms with van der Waals surface area (Å²) in [5.74, 6) is -0.864. The molecule has 1 saturated carbocycles. The fraction of sp³-hybridized carbons (Fsp3) is 0.500. The maximum atomic E-state index is 14.4. The van der Waals surface area contributed by atoms with E-state index in [4.69, 9.17) is 5.11 Å². The quantitative estimate of drug-likeness (QED) is 0.872. The average Bonchev–Trinajstić information content (AvgIpc) is 2.67. The van der Waals surface area contributed by atoms with E-state index in [9.17, 15) is 9.18 Å². The SMILES string of the molecule is O=C(O)Cc1ccccc1CC1(F)CCCC1. The minimum Gasteiger partial charge on any atom is -0.481 e. The van der Waals surface area contributed by atoms with Crippen LogP contribution in [0.4, 0.5) is 4.39 Å². The van der Waals surface area contributed by atoms with Crippen molar-refractivity contribution in [1.29, 1.82) is 0 Å². The van der Waals surface area contributed by atoms with Crippen molar-refractivity contribution in [1.82, 2.24) is 0 Å². The number of aliphatic carboxylic acids is 1. The van der Waals surface area contributed by atoms with Crippen LogP contribution in [-0.2, 0) is 17.6 Å². The van der Waals surface area contributed by atoms with Crippen LogP contribution in [0.1, 0.15) is 36.8 Å². The van der Waals surface area contributed by atoms with E-state index in [-0.39, 0.29) is 6.42 Å². The summed E-state index contributed by atoms with van der Waals surface area (Å²) in [5, 5.41) is 8.82. The molecule has 1 N–H and O–H groups in total. The predicted molar refractivity (Wildman–Crippen MR) is 63.8 cm³/mol. The molecule has 0 bridgehead atoms. The Kier molecular flexibility index (Phi) is 3.46. The van der Waals surface area contributed by atoms with Crippen molar-refractivity contribution in [2.45, 2.75) is 44.2 Å². The zero-order valence-corrected chi connectivity index (χ0v) is 9.79. The van der Waals surface area contributed by atoms with Crippen LogP contribution in [0.5, 0.6) is 0 Å². The molecule has 0 unspecified atom stereocenters. The molecule has 1 aromatic rings. The molecule has 0 aromatic heterocycles. The lowest BCUT2D eigenvalue weighted by molar-refractivity contribution is -0.136. The van der Waals surface area contributed by atoms with E-state index in [2.05, 4.69) is 0 Å². The molecule has 3 heteroatoms. The zero-order chi connectivity index (χ0) is 12.3. The molecular weight excluding hydrogens is 219 g/mol. The van der Waals surface area contributed by atoms with Crippen LogP contribution in [0.2, 0.25) is 0 Å². The molecule has 0 atom stereocenters. The van der Waals surface area contributed by atoms with Crippen LogP contribution in [0.25, 0.3) is 0 Å². The van der Waals surface area contributed by atoms with E-state index in [0.717, 1.165) is 24.0 Å². The van der Waals surface area contributed by atoms with E-state index in [1.807, 2.05) is 12.1 Å². The molecule has 0 saturated heterocycles. The molecule has 0 spiro atoms. The fourth-order valence-corrected chi connectivity index (χ4v) is 2.59. The summed E-state index contributed by atoms with van der Waals surface area (Å²) in [5.41, 5.74) is 0.470. The van der Waals surface area contributed by atoms with Gasteiger partial charge in [-0.3, -0.25) is 4.79 Å². The second-order valence-electron chi connectivity index (χ2n) is 4.87. The summed E-state index contributed by atoms with van der Waals surface area (Å²) >= 11 is 0. The first kappa shape index (κ1) is 12.1. The van der Waals surface area contributed by atoms with Crippen molar-refractivity contribution in [3.63, 3.8) is 0 Å². The minimum absolute atomic E-state index is 0.0216. The van der Waals surface area contributed by atoms with Crippen molar-refractivity contribution in [2.75, 3.05) is 0 Å². The van der Waals surface area contributed by atoms with Gasteiger partial charge in [-0.25, -0.2) is 4.39 Å². The van der Waals surface area contributed by atoms with E-state index in [0.29, 0.717) is 19.3 Å². The van der Waals surface area contributed by atoms with Gasteiger partial charge in [0.25, 0.3) is 0 Å². The number of hydrogen-bond donors (Lipinski definition) is 1. The number of hydrogen-bond acceptors (Lipinski definition) is 1. The molecule has 0 aliphatic heterocycles. The van der Waals surface area contributed by atoms with Crippen molar-refractivity contribution in [3.05, 3.63) is 35.4 Å². The lowest BCUT2D eigenvalue weighted by Crippen LogP contribution is -2.22. The van der Waals surface area contributed by atoms with Gasteiger partial charge in [0, 0.05) is 6.42 Å². The van der Waals surface area contributed by atoms with Gasteiger partial charge in [-0.2, -0.15) is 0 Å². The van der Waals surface area contributed by atoms with Crippen LogP contribution >= 0.6 is 0 Å². The Morgan fingerprint density at radius 3 is 2.41 bits per heavy atom. The van der Waals surface area contributed by atoms with Crippen LogP contribution in [-0.4, -0.2) is 16.7 Å². The van der Waals surface area contributed by atoms with Gasteiger partial charge in [-0.05, 0) is 24.0 Å². The first-order valence-electron chi connectivity index (χ1n) is 6.07. The lowest BCUT2D eigenvalue weighted by Gasteiger charge is -2.20. The molecule has 1 aliphatic carbocycles. The molecule has 0 heterocycles. The smallest absolute Gasteiger partial charge is 0.307 e. The summed E-state index contributed by atoms with van der Waals surface area (Å²) in [6.07, 6.45) is 3.43. The Hall–Kier alpha value is -1.38. The molecular formula is C14H17FO2. The molecule has 1 aromatic carbocycles. The summed E-state index contributed by atoms with van der Waals surface area (Å²) in [4.78, 5) is 10.7. The molecule has 1 aliphatic rings. The minimum atomic E-state index is -1.12. The number of carbonyl (C=O) groups is 1. The van der Waals surface area contributed by atoms with Crippen LogP contribution < -0.4 is 0 Å². The molecule has 2 rings (SSSR count). The highest BCUT2D eigenvalue weighted by atomic mass is 19.1. The van der Waals surface area contributed by atoms with Crippen molar-refractivity contribution in [2.24, 2.45) is 0 Å².